The maximum absolute atomic E-state index is 3.97. The molecule has 84 valence electrons. The third-order valence-electron chi connectivity index (χ3n) is 2.44. The summed E-state index contributed by atoms with van der Waals surface area (Å²) in [4.78, 5) is 7.03. The molecule has 0 amide bonds. The van der Waals surface area contributed by atoms with E-state index in [-0.39, 0.29) is 0 Å². The molecule has 0 fully saturated rings. The average molecular weight is 280 g/mol. The fourth-order valence-electron chi connectivity index (χ4n) is 1.47. The molecule has 0 bridgehead atoms. The lowest BCUT2D eigenvalue weighted by Gasteiger charge is -2.05. The first-order chi connectivity index (χ1) is 7.75. The first kappa shape index (κ1) is 11.4. The quantitative estimate of drug-likeness (QED) is 0.904. The molecule has 0 saturated carbocycles. The number of hydrogen-bond donors (Lipinski definition) is 2. The van der Waals surface area contributed by atoms with Gasteiger partial charge in [0.25, 0.3) is 0 Å². The molecule has 0 spiro atoms. The van der Waals surface area contributed by atoms with Crippen LogP contribution >= 0.6 is 15.9 Å². The van der Waals surface area contributed by atoms with E-state index in [0.29, 0.717) is 0 Å². The fourth-order valence-corrected chi connectivity index (χ4v) is 1.90. The minimum absolute atomic E-state index is 0.811. The van der Waals surface area contributed by atoms with E-state index in [0.717, 1.165) is 23.3 Å². The summed E-state index contributed by atoms with van der Waals surface area (Å²) in [6.07, 6.45) is 3.53. The van der Waals surface area contributed by atoms with Gasteiger partial charge in [0.1, 0.15) is 0 Å². The number of nitrogens with one attached hydrogen (secondary N) is 2. The Kier molecular flexibility index (Phi) is 3.74. The van der Waals surface area contributed by atoms with Gasteiger partial charge in [-0.1, -0.05) is 28.1 Å². The minimum Gasteiger partial charge on any atom is -0.347 e. The van der Waals surface area contributed by atoms with Gasteiger partial charge in [0.2, 0.25) is 0 Å². The third kappa shape index (κ3) is 2.93. The Morgan fingerprint density at radius 1 is 1.38 bits per heavy atom. The first-order valence-corrected chi connectivity index (χ1v) is 5.98. The van der Waals surface area contributed by atoms with Gasteiger partial charge in [-0.2, -0.15) is 0 Å². The van der Waals surface area contributed by atoms with E-state index in [4.69, 9.17) is 0 Å². The number of aromatic nitrogens is 2. The van der Waals surface area contributed by atoms with Crippen molar-refractivity contribution in [1.82, 2.24) is 15.3 Å². The zero-order valence-corrected chi connectivity index (χ0v) is 10.7. The van der Waals surface area contributed by atoms with Crippen molar-refractivity contribution in [3.8, 4) is 0 Å². The van der Waals surface area contributed by atoms with Crippen LogP contribution in [0.25, 0.3) is 0 Å². The van der Waals surface area contributed by atoms with Crippen LogP contribution in [0.4, 0.5) is 0 Å². The van der Waals surface area contributed by atoms with Crippen LogP contribution in [0.15, 0.2) is 35.2 Å². The summed E-state index contributed by atoms with van der Waals surface area (Å²) >= 11 is 3.53. The standard InChI is InChI=1S/C12H14BrN3/c1-9-2-3-10(4-12(9)13)5-14-6-11-7-15-8-16-11/h2-4,7-8,14H,5-6H2,1H3,(H,15,16). The number of hydrogen-bond acceptors (Lipinski definition) is 2. The van der Waals surface area contributed by atoms with Gasteiger partial charge in [0.05, 0.1) is 6.33 Å². The Balaban J connectivity index is 1.87. The first-order valence-electron chi connectivity index (χ1n) is 5.18. The monoisotopic (exact) mass is 279 g/mol. The lowest BCUT2D eigenvalue weighted by Crippen LogP contribution is -2.12. The predicted molar refractivity (Wildman–Crippen MR) is 68.0 cm³/mol. The summed E-state index contributed by atoms with van der Waals surface area (Å²) in [5, 5.41) is 3.36. The van der Waals surface area contributed by atoms with Crippen LogP contribution in [0.3, 0.4) is 0 Å². The molecule has 0 aliphatic carbocycles. The second-order valence-corrected chi connectivity index (χ2v) is 4.62. The Labute approximate surface area is 103 Å². The van der Waals surface area contributed by atoms with Gasteiger partial charge in [-0.15, -0.1) is 0 Å². The molecule has 3 nitrogen and oxygen atoms in total. The zero-order valence-electron chi connectivity index (χ0n) is 9.13. The van der Waals surface area contributed by atoms with Gasteiger partial charge in [-0.3, -0.25) is 0 Å². The molecule has 2 aromatic rings. The summed E-state index contributed by atoms with van der Waals surface area (Å²) in [7, 11) is 0. The fraction of sp³-hybridized carbons (Fsp3) is 0.250. The molecule has 1 aromatic heterocycles. The maximum atomic E-state index is 3.97. The number of rotatable bonds is 4. The Bertz CT molecular complexity index is 451. The summed E-state index contributed by atoms with van der Waals surface area (Å²) < 4.78 is 1.16. The van der Waals surface area contributed by atoms with Crippen molar-refractivity contribution in [2.24, 2.45) is 0 Å². The second kappa shape index (κ2) is 5.27. The highest BCUT2D eigenvalue weighted by molar-refractivity contribution is 9.10. The molecule has 1 aromatic carbocycles. The van der Waals surface area contributed by atoms with E-state index in [1.165, 1.54) is 11.1 Å². The number of halogens is 1. The molecule has 0 unspecified atom stereocenters. The van der Waals surface area contributed by atoms with Gasteiger partial charge < -0.3 is 10.3 Å². The largest absolute Gasteiger partial charge is 0.347 e. The SMILES string of the molecule is Cc1ccc(CNCc2cnc[nH]2)cc1Br. The number of aromatic amines is 1. The van der Waals surface area contributed by atoms with Crippen molar-refractivity contribution >= 4 is 15.9 Å². The van der Waals surface area contributed by atoms with Crippen LogP contribution in [0.2, 0.25) is 0 Å². The number of H-pyrrole nitrogens is 1. The van der Waals surface area contributed by atoms with Gasteiger partial charge >= 0.3 is 0 Å². The van der Waals surface area contributed by atoms with Crippen molar-refractivity contribution in [2.45, 2.75) is 20.0 Å². The van der Waals surface area contributed by atoms with Crippen molar-refractivity contribution in [3.63, 3.8) is 0 Å². The van der Waals surface area contributed by atoms with Crippen molar-refractivity contribution in [2.75, 3.05) is 0 Å². The summed E-state index contributed by atoms with van der Waals surface area (Å²) in [6, 6.07) is 6.41. The summed E-state index contributed by atoms with van der Waals surface area (Å²) in [5.74, 6) is 0. The molecule has 2 rings (SSSR count). The summed E-state index contributed by atoms with van der Waals surface area (Å²) in [5.41, 5.74) is 3.64. The highest BCUT2D eigenvalue weighted by atomic mass is 79.9. The number of aryl methyl sites for hydroxylation is 1. The third-order valence-corrected chi connectivity index (χ3v) is 3.29. The highest BCUT2D eigenvalue weighted by Crippen LogP contribution is 2.17. The minimum atomic E-state index is 0.811. The van der Waals surface area contributed by atoms with Crippen LogP contribution in [-0.2, 0) is 13.1 Å². The Hall–Kier alpha value is -1.13. The van der Waals surface area contributed by atoms with E-state index in [2.05, 4.69) is 56.3 Å². The van der Waals surface area contributed by atoms with Crippen molar-refractivity contribution in [1.29, 1.82) is 0 Å². The van der Waals surface area contributed by atoms with Crippen molar-refractivity contribution in [3.05, 3.63) is 52.0 Å². The van der Waals surface area contributed by atoms with Gasteiger partial charge in [0, 0.05) is 29.5 Å². The maximum Gasteiger partial charge on any atom is 0.0922 e. The molecular weight excluding hydrogens is 266 g/mol. The lowest BCUT2D eigenvalue weighted by atomic mass is 10.1. The predicted octanol–water partition coefficient (Wildman–Crippen LogP) is 2.77. The molecule has 0 aliphatic rings. The van der Waals surface area contributed by atoms with E-state index < -0.39 is 0 Å². The second-order valence-electron chi connectivity index (χ2n) is 3.76. The molecule has 1 heterocycles. The van der Waals surface area contributed by atoms with Gasteiger partial charge in [-0.05, 0) is 24.1 Å². The van der Waals surface area contributed by atoms with E-state index in [9.17, 15) is 0 Å². The van der Waals surface area contributed by atoms with E-state index in [1.54, 1.807) is 6.33 Å². The molecule has 0 radical (unpaired) electrons. The van der Waals surface area contributed by atoms with Crippen LogP contribution in [0.5, 0.6) is 0 Å². The highest BCUT2D eigenvalue weighted by Gasteiger charge is 1.98. The van der Waals surface area contributed by atoms with Gasteiger partial charge in [-0.25, -0.2) is 4.98 Å². The molecule has 4 heteroatoms. The number of nitrogens with zero attached hydrogens (tertiary/aromatic N) is 1. The summed E-state index contributed by atoms with van der Waals surface area (Å²) in [6.45, 7) is 3.76. The molecule has 2 N–H and O–H groups in total. The van der Waals surface area contributed by atoms with Crippen LogP contribution in [-0.4, -0.2) is 9.97 Å². The Morgan fingerprint density at radius 2 is 2.25 bits per heavy atom. The van der Waals surface area contributed by atoms with E-state index in [1.807, 2.05) is 6.20 Å². The number of imidazole rings is 1. The molecular formula is C12H14BrN3. The zero-order chi connectivity index (χ0) is 11.4. The van der Waals surface area contributed by atoms with Crippen LogP contribution in [0, 0.1) is 6.92 Å². The van der Waals surface area contributed by atoms with Crippen LogP contribution < -0.4 is 5.32 Å². The topological polar surface area (TPSA) is 40.7 Å². The Morgan fingerprint density at radius 3 is 2.94 bits per heavy atom. The van der Waals surface area contributed by atoms with Gasteiger partial charge in [0.15, 0.2) is 0 Å². The molecule has 0 aliphatic heterocycles. The molecule has 16 heavy (non-hydrogen) atoms. The molecule has 0 saturated heterocycles. The molecule has 0 atom stereocenters. The van der Waals surface area contributed by atoms with Crippen LogP contribution in [0.1, 0.15) is 16.8 Å². The number of benzene rings is 1. The lowest BCUT2D eigenvalue weighted by molar-refractivity contribution is 0.682. The normalized spacial score (nSPS) is 10.6. The van der Waals surface area contributed by atoms with Crippen molar-refractivity contribution < 1.29 is 0 Å². The van der Waals surface area contributed by atoms with E-state index >= 15 is 0 Å². The average Bonchev–Trinajstić information content (AvgIpc) is 2.76. The smallest absolute Gasteiger partial charge is 0.0922 e.